The monoisotopic (exact) mass is 260 g/mol. The van der Waals surface area contributed by atoms with Crippen molar-refractivity contribution in [2.75, 3.05) is 0 Å². The van der Waals surface area contributed by atoms with Crippen molar-refractivity contribution >= 4 is 0 Å². The van der Waals surface area contributed by atoms with E-state index in [4.69, 9.17) is 14.7 Å². The smallest absolute Gasteiger partial charge is 0.131 e. The molecular formula is C16H24N2O. The van der Waals surface area contributed by atoms with Crippen molar-refractivity contribution in [1.29, 1.82) is 0 Å². The normalized spacial score (nSPS) is 25.8. The lowest BCUT2D eigenvalue weighted by Gasteiger charge is -2.30. The summed E-state index contributed by atoms with van der Waals surface area (Å²) in [7, 11) is 0. The van der Waals surface area contributed by atoms with Gasteiger partial charge in [-0.1, -0.05) is 34.6 Å². The third-order valence-electron chi connectivity index (χ3n) is 4.12. The van der Waals surface area contributed by atoms with Gasteiger partial charge in [-0.3, -0.25) is 0 Å². The minimum Gasteiger partial charge on any atom is -0.370 e. The maximum absolute atomic E-state index is 6.08. The summed E-state index contributed by atoms with van der Waals surface area (Å²) in [6, 6.07) is 0. The van der Waals surface area contributed by atoms with Crippen LogP contribution in [0.25, 0.3) is 0 Å². The lowest BCUT2D eigenvalue weighted by Crippen LogP contribution is -2.27. The van der Waals surface area contributed by atoms with Crippen molar-refractivity contribution in [3.8, 4) is 0 Å². The highest BCUT2D eigenvalue weighted by molar-refractivity contribution is 5.36. The highest BCUT2D eigenvalue weighted by Crippen LogP contribution is 2.44. The van der Waals surface area contributed by atoms with Gasteiger partial charge in [-0.25, -0.2) is 9.97 Å². The average molecular weight is 260 g/mol. The fraction of sp³-hybridized carbons (Fsp3) is 0.750. The quantitative estimate of drug-likeness (QED) is 0.772. The fourth-order valence-electron chi connectivity index (χ4n) is 3.14. The summed E-state index contributed by atoms with van der Waals surface area (Å²) in [6.07, 6.45) is 3.90. The number of nitrogens with zero attached hydrogens (tertiary/aromatic N) is 2. The minimum absolute atomic E-state index is 0.0510. The van der Waals surface area contributed by atoms with Crippen molar-refractivity contribution in [3.63, 3.8) is 0 Å². The van der Waals surface area contributed by atoms with E-state index in [0.29, 0.717) is 12.0 Å². The zero-order valence-electron chi connectivity index (χ0n) is 12.7. The molecule has 104 valence electrons. The Labute approximate surface area is 115 Å². The van der Waals surface area contributed by atoms with E-state index in [1.165, 1.54) is 23.4 Å². The highest BCUT2D eigenvalue weighted by atomic mass is 16.5. The lowest BCUT2D eigenvalue weighted by molar-refractivity contribution is 0.0292. The van der Waals surface area contributed by atoms with E-state index in [1.807, 2.05) is 0 Å². The Bertz CT molecular complexity index is 502. The van der Waals surface area contributed by atoms with Gasteiger partial charge in [0.1, 0.15) is 5.82 Å². The zero-order valence-corrected chi connectivity index (χ0v) is 12.7. The molecule has 3 nitrogen and oxygen atoms in total. The molecule has 3 rings (SSSR count). The number of rotatable bonds is 1. The van der Waals surface area contributed by atoms with Gasteiger partial charge < -0.3 is 4.74 Å². The Morgan fingerprint density at radius 2 is 1.89 bits per heavy atom. The Kier molecular flexibility index (Phi) is 2.93. The molecule has 0 radical (unpaired) electrons. The number of hydrogen-bond donors (Lipinski definition) is 0. The second kappa shape index (κ2) is 4.27. The average Bonchev–Trinajstić information content (AvgIpc) is 2.69. The molecule has 1 aromatic heterocycles. The van der Waals surface area contributed by atoms with Crippen LogP contribution in [0.4, 0.5) is 0 Å². The molecule has 2 bridgehead atoms. The number of fused-ring (bicyclic) bond motifs is 4. The first kappa shape index (κ1) is 13.0. The summed E-state index contributed by atoms with van der Waals surface area (Å²) in [5.41, 5.74) is 3.80. The summed E-state index contributed by atoms with van der Waals surface area (Å²) in [5, 5.41) is 0. The van der Waals surface area contributed by atoms with Crippen molar-refractivity contribution in [2.45, 2.75) is 77.4 Å². The molecular weight excluding hydrogens is 236 g/mol. The standard InChI is InChI=1S/C16H24N2O/c1-9(2)15-17-11-8-10-6-7-12(19-10)13(11)14(18-15)16(3,4)5/h9-10,12H,6-8H2,1-5H3. The lowest BCUT2D eigenvalue weighted by atomic mass is 9.85. The Morgan fingerprint density at radius 3 is 2.53 bits per heavy atom. The predicted molar refractivity (Wildman–Crippen MR) is 75.4 cm³/mol. The Morgan fingerprint density at radius 1 is 1.16 bits per heavy atom. The van der Waals surface area contributed by atoms with Crippen LogP contribution in [0.2, 0.25) is 0 Å². The van der Waals surface area contributed by atoms with Crippen molar-refractivity contribution < 1.29 is 4.74 Å². The van der Waals surface area contributed by atoms with Gasteiger partial charge in [0.25, 0.3) is 0 Å². The first-order valence-electron chi connectivity index (χ1n) is 7.43. The van der Waals surface area contributed by atoms with E-state index in [9.17, 15) is 0 Å². The minimum atomic E-state index is 0.0510. The number of hydrogen-bond acceptors (Lipinski definition) is 3. The van der Waals surface area contributed by atoms with Crippen LogP contribution in [0, 0.1) is 0 Å². The zero-order chi connectivity index (χ0) is 13.8. The van der Waals surface area contributed by atoms with E-state index < -0.39 is 0 Å². The fourth-order valence-corrected chi connectivity index (χ4v) is 3.14. The molecule has 1 aromatic rings. The molecule has 19 heavy (non-hydrogen) atoms. The first-order valence-corrected chi connectivity index (χ1v) is 7.43. The first-order chi connectivity index (χ1) is 8.86. The van der Waals surface area contributed by atoms with Crippen LogP contribution in [-0.2, 0) is 16.6 Å². The van der Waals surface area contributed by atoms with Gasteiger partial charge in [-0.05, 0) is 12.8 Å². The molecule has 2 unspecified atom stereocenters. The molecule has 0 saturated carbocycles. The second-order valence-corrected chi connectivity index (χ2v) is 7.22. The SMILES string of the molecule is CC(C)c1nc2c(c(C(C)(C)C)n1)C1CCC(C2)O1. The van der Waals surface area contributed by atoms with Gasteiger partial charge in [-0.2, -0.15) is 0 Å². The van der Waals surface area contributed by atoms with E-state index in [0.717, 1.165) is 18.7 Å². The van der Waals surface area contributed by atoms with Crippen molar-refractivity contribution in [2.24, 2.45) is 0 Å². The van der Waals surface area contributed by atoms with E-state index in [2.05, 4.69) is 34.6 Å². The maximum atomic E-state index is 6.08. The molecule has 3 heterocycles. The van der Waals surface area contributed by atoms with E-state index >= 15 is 0 Å². The van der Waals surface area contributed by atoms with Crippen LogP contribution in [0.1, 0.15) is 82.3 Å². The van der Waals surface area contributed by atoms with Gasteiger partial charge in [0.05, 0.1) is 23.6 Å². The molecule has 1 fully saturated rings. The van der Waals surface area contributed by atoms with Crippen molar-refractivity contribution in [3.05, 3.63) is 22.8 Å². The summed E-state index contributed by atoms with van der Waals surface area (Å²) in [6.45, 7) is 11.0. The third kappa shape index (κ3) is 2.18. The number of ether oxygens (including phenoxy) is 1. The molecule has 3 heteroatoms. The van der Waals surface area contributed by atoms with Gasteiger partial charge >= 0.3 is 0 Å². The van der Waals surface area contributed by atoms with Crippen LogP contribution in [0.3, 0.4) is 0 Å². The predicted octanol–water partition coefficient (Wildman–Crippen LogP) is 3.67. The molecule has 0 N–H and O–H groups in total. The molecule has 1 saturated heterocycles. The molecule has 0 spiro atoms. The summed E-state index contributed by atoms with van der Waals surface area (Å²) in [4.78, 5) is 9.72. The summed E-state index contributed by atoms with van der Waals surface area (Å²) >= 11 is 0. The Hall–Kier alpha value is -0.960. The van der Waals surface area contributed by atoms with Gasteiger partial charge in [0.2, 0.25) is 0 Å². The Balaban J connectivity index is 2.19. The van der Waals surface area contributed by atoms with Gasteiger partial charge in [-0.15, -0.1) is 0 Å². The van der Waals surface area contributed by atoms with Crippen LogP contribution in [0.5, 0.6) is 0 Å². The van der Waals surface area contributed by atoms with Gasteiger partial charge in [0, 0.05) is 23.3 Å². The van der Waals surface area contributed by atoms with Crippen LogP contribution >= 0.6 is 0 Å². The molecule has 2 atom stereocenters. The number of aromatic nitrogens is 2. The molecule has 0 amide bonds. The molecule has 2 aliphatic heterocycles. The van der Waals surface area contributed by atoms with E-state index in [1.54, 1.807) is 0 Å². The van der Waals surface area contributed by atoms with Crippen LogP contribution in [0.15, 0.2) is 0 Å². The van der Waals surface area contributed by atoms with Crippen LogP contribution in [-0.4, -0.2) is 16.1 Å². The van der Waals surface area contributed by atoms with E-state index in [-0.39, 0.29) is 11.5 Å². The third-order valence-corrected chi connectivity index (χ3v) is 4.12. The summed E-state index contributed by atoms with van der Waals surface area (Å²) in [5.74, 6) is 1.37. The molecule has 0 aromatic carbocycles. The topological polar surface area (TPSA) is 35.0 Å². The van der Waals surface area contributed by atoms with Crippen LogP contribution < -0.4 is 0 Å². The maximum Gasteiger partial charge on any atom is 0.131 e. The highest BCUT2D eigenvalue weighted by Gasteiger charge is 2.39. The van der Waals surface area contributed by atoms with Crippen molar-refractivity contribution in [1.82, 2.24) is 9.97 Å². The molecule has 0 aliphatic carbocycles. The largest absolute Gasteiger partial charge is 0.370 e. The summed E-state index contributed by atoms with van der Waals surface area (Å²) < 4.78 is 6.08. The second-order valence-electron chi connectivity index (χ2n) is 7.22. The van der Waals surface area contributed by atoms with Gasteiger partial charge in [0.15, 0.2) is 0 Å². The molecule has 2 aliphatic rings.